The molecule has 0 spiro atoms. The van der Waals surface area contributed by atoms with Crippen molar-refractivity contribution in [2.45, 2.75) is 12.3 Å². The quantitative estimate of drug-likeness (QED) is 0.884. The maximum atomic E-state index is 12.4. The molecule has 7 heteroatoms. The Bertz CT molecular complexity index is 614. The van der Waals surface area contributed by atoms with E-state index in [1.54, 1.807) is 0 Å². The maximum absolute atomic E-state index is 12.4. The lowest BCUT2D eigenvalue weighted by molar-refractivity contribution is -0.141. The highest BCUT2D eigenvalue weighted by molar-refractivity contribution is 6.35. The van der Waals surface area contributed by atoms with Gasteiger partial charge < -0.3 is 5.11 Å². The first-order valence-corrected chi connectivity index (χ1v) is 6.21. The van der Waals surface area contributed by atoms with Crippen molar-refractivity contribution >= 4 is 23.2 Å². The monoisotopic (exact) mass is 321 g/mol. The van der Waals surface area contributed by atoms with Crippen molar-refractivity contribution in [3.05, 3.63) is 63.4 Å². The molecule has 1 atom stereocenters. The van der Waals surface area contributed by atoms with Gasteiger partial charge in [0, 0.05) is 27.4 Å². The molecule has 1 aromatic carbocycles. The Balaban J connectivity index is 2.31. The van der Waals surface area contributed by atoms with Gasteiger partial charge in [0.25, 0.3) is 0 Å². The Morgan fingerprint density at radius 3 is 2.30 bits per heavy atom. The van der Waals surface area contributed by atoms with Gasteiger partial charge >= 0.3 is 6.18 Å². The van der Waals surface area contributed by atoms with Gasteiger partial charge in [-0.3, -0.25) is 4.98 Å². The average Bonchev–Trinajstić information content (AvgIpc) is 2.37. The zero-order valence-electron chi connectivity index (χ0n) is 9.83. The second kappa shape index (κ2) is 5.60. The Morgan fingerprint density at radius 2 is 1.80 bits per heavy atom. The number of rotatable bonds is 2. The van der Waals surface area contributed by atoms with Crippen LogP contribution in [0.5, 0.6) is 0 Å². The second-order valence-corrected chi connectivity index (χ2v) is 4.89. The van der Waals surface area contributed by atoms with Crippen molar-refractivity contribution in [2.24, 2.45) is 0 Å². The minimum Gasteiger partial charge on any atom is -0.384 e. The number of hydrogen-bond donors (Lipinski definition) is 1. The molecule has 2 rings (SSSR count). The van der Waals surface area contributed by atoms with Crippen molar-refractivity contribution in [3.63, 3.8) is 0 Å². The summed E-state index contributed by atoms with van der Waals surface area (Å²) in [5.74, 6) is 0. The predicted molar refractivity (Wildman–Crippen MR) is 69.8 cm³/mol. The normalized spacial score (nSPS) is 13.3. The number of aliphatic hydroxyl groups excluding tert-OH is 1. The van der Waals surface area contributed by atoms with Crippen LogP contribution in [0.25, 0.3) is 0 Å². The van der Waals surface area contributed by atoms with Crippen LogP contribution in [0.1, 0.15) is 22.9 Å². The third-order valence-corrected chi connectivity index (χ3v) is 3.21. The van der Waals surface area contributed by atoms with Gasteiger partial charge in [-0.15, -0.1) is 0 Å². The highest BCUT2D eigenvalue weighted by atomic mass is 35.5. The third-order valence-electron chi connectivity index (χ3n) is 2.65. The number of nitrogens with zero attached hydrogens (tertiary/aromatic N) is 1. The summed E-state index contributed by atoms with van der Waals surface area (Å²) < 4.78 is 37.2. The SMILES string of the molecule is OC(c1ccc(C(F)(F)F)nc1)c1ccc(Cl)cc1Cl. The predicted octanol–water partition coefficient (Wildman–Crippen LogP) is 4.49. The molecule has 0 amide bonds. The highest BCUT2D eigenvalue weighted by Gasteiger charge is 2.32. The van der Waals surface area contributed by atoms with E-state index in [0.717, 1.165) is 18.3 Å². The van der Waals surface area contributed by atoms with Crippen molar-refractivity contribution in [2.75, 3.05) is 0 Å². The lowest BCUT2D eigenvalue weighted by Crippen LogP contribution is -2.09. The van der Waals surface area contributed by atoms with Crippen LogP contribution < -0.4 is 0 Å². The molecule has 0 saturated carbocycles. The minimum absolute atomic E-state index is 0.210. The fourth-order valence-corrected chi connectivity index (χ4v) is 2.15. The number of aromatic nitrogens is 1. The molecular weight excluding hydrogens is 314 g/mol. The number of alkyl halides is 3. The maximum Gasteiger partial charge on any atom is 0.433 e. The summed E-state index contributed by atoms with van der Waals surface area (Å²) >= 11 is 11.7. The lowest BCUT2D eigenvalue weighted by atomic mass is 10.0. The van der Waals surface area contributed by atoms with Gasteiger partial charge in [0.2, 0.25) is 0 Å². The molecule has 1 heterocycles. The molecule has 2 aromatic rings. The first-order chi connectivity index (χ1) is 9.29. The number of halogens is 5. The Labute approximate surface area is 122 Å². The molecule has 2 nitrogen and oxygen atoms in total. The van der Waals surface area contributed by atoms with E-state index >= 15 is 0 Å². The van der Waals surface area contributed by atoms with Crippen LogP contribution in [-0.4, -0.2) is 10.1 Å². The van der Waals surface area contributed by atoms with Gasteiger partial charge in [-0.25, -0.2) is 0 Å². The topological polar surface area (TPSA) is 33.1 Å². The van der Waals surface area contributed by atoms with Crippen LogP contribution >= 0.6 is 23.2 Å². The number of benzene rings is 1. The largest absolute Gasteiger partial charge is 0.433 e. The van der Waals surface area contributed by atoms with E-state index in [1.165, 1.54) is 18.2 Å². The molecule has 0 bridgehead atoms. The van der Waals surface area contributed by atoms with E-state index in [1.807, 2.05) is 0 Å². The molecule has 106 valence electrons. The van der Waals surface area contributed by atoms with Gasteiger partial charge in [0.05, 0.1) is 0 Å². The smallest absolute Gasteiger partial charge is 0.384 e. The van der Waals surface area contributed by atoms with Crippen molar-refractivity contribution in [1.29, 1.82) is 0 Å². The molecule has 0 radical (unpaired) electrons. The average molecular weight is 322 g/mol. The van der Waals surface area contributed by atoms with Crippen molar-refractivity contribution in [1.82, 2.24) is 4.98 Å². The minimum atomic E-state index is -4.51. The van der Waals surface area contributed by atoms with E-state index in [-0.39, 0.29) is 10.6 Å². The lowest BCUT2D eigenvalue weighted by Gasteiger charge is -2.14. The molecule has 0 saturated heterocycles. The molecule has 1 unspecified atom stereocenters. The summed E-state index contributed by atoms with van der Waals surface area (Å²) in [6.45, 7) is 0. The molecule has 0 aliphatic rings. The first kappa shape index (κ1) is 15.1. The number of pyridine rings is 1. The number of hydrogen-bond acceptors (Lipinski definition) is 2. The van der Waals surface area contributed by atoms with Crippen LogP contribution in [0, 0.1) is 0 Å². The van der Waals surface area contributed by atoms with Crippen LogP contribution in [0.2, 0.25) is 10.0 Å². The van der Waals surface area contributed by atoms with Crippen molar-refractivity contribution in [3.8, 4) is 0 Å². The Hall–Kier alpha value is -1.30. The molecular formula is C13H8Cl2F3NO. The molecule has 1 N–H and O–H groups in total. The fourth-order valence-electron chi connectivity index (χ4n) is 1.64. The van der Waals surface area contributed by atoms with Crippen LogP contribution in [-0.2, 0) is 6.18 Å². The summed E-state index contributed by atoms with van der Waals surface area (Å²) in [7, 11) is 0. The Morgan fingerprint density at radius 1 is 1.10 bits per heavy atom. The zero-order chi connectivity index (χ0) is 14.9. The van der Waals surface area contributed by atoms with E-state index in [4.69, 9.17) is 23.2 Å². The summed E-state index contributed by atoms with van der Waals surface area (Å²) in [4.78, 5) is 3.29. The van der Waals surface area contributed by atoms with E-state index in [9.17, 15) is 18.3 Å². The van der Waals surface area contributed by atoms with E-state index in [2.05, 4.69) is 4.98 Å². The third kappa shape index (κ3) is 3.23. The molecule has 0 aliphatic carbocycles. The Kier molecular flexibility index (Phi) is 4.22. The van der Waals surface area contributed by atoms with Gasteiger partial charge in [-0.1, -0.05) is 35.3 Å². The highest BCUT2D eigenvalue weighted by Crippen LogP contribution is 2.32. The van der Waals surface area contributed by atoms with Gasteiger partial charge in [0.15, 0.2) is 0 Å². The summed E-state index contributed by atoms with van der Waals surface area (Å²) in [6, 6.07) is 6.45. The first-order valence-electron chi connectivity index (χ1n) is 5.45. The molecule has 0 fully saturated rings. The number of aliphatic hydroxyl groups is 1. The molecule has 1 aromatic heterocycles. The van der Waals surface area contributed by atoms with Crippen molar-refractivity contribution < 1.29 is 18.3 Å². The van der Waals surface area contributed by atoms with Crippen LogP contribution in [0.15, 0.2) is 36.5 Å². The standard InChI is InChI=1S/C13H8Cl2F3NO/c14-8-2-3-9(10(15)5-8)12(20)7-1-4-11(19-6-7)13(16,17)18/h1-6,12,20H. The van der Waals surface area contributed by atoms with E-state index in [0.29, 0.717) is 10.6 Å². The molecule has 0 aliphatic heterocycles. The zero-order valence-corrected chi connectivity index (χ0v) is 11.3. The fraction of sp³-hybridized carbons (Fsp3) is 0.154. The summed E-state index contributed by atoms with van der Waals surface area (Å²) in [5.41, 5.74) is -0.462. The van der Waals surface area contributed by atoms with Gasteiger partial charge in [0.1, 0.15) is 11.8 Å². The summed E-state index contributed by atoms with van der Waals surface area (Å²) in [6.07, 6.45) is -4.71. The van der Waals surface area contributed by atoms with E-state index < -0.39 is 18.0 Å². The van der Waals surface area contributed by atoms with Gasteiger partial charge in [-0.2, -0.15) is 13.2 Å². The van der Waals surface area contributed by atoms with Crippen LogP contribution in [0.3, 0.4) is 0 Å². The summed E-state index contributed by atoms with van der Waals surface area (Å²) in [5, 5.41) is 10.7. The van der Waals surface area contributed by atoms with Crippen LogP contribution in [0.4, 0.5) is 13.2 Å². The van der Waals surface area contributed by atoms with Gasteiger partial charge in [-0.05, 0) is 18.2 Å². The second-order valence-electron chi connectivity index (χ2n) is 4.04. The molecule has 20 heavy (non-hydrogen) atoms.